The minimum atomic E-state index is -3.30. The summed E-state index contributed by atoms with van der Waals surface area (Å²) in [4.78, 5) is 31.2. The minimum Gasteiger partial charge on any atom is -0.365 e. The molecule has 2 aromatic heterocycles. The van der Waals surface area contributed by atoms with E-state index in [2.05, 4.69) is 10.1 Å². The maximum atomic E-state index is 13.1. The summed E-state index contributed by atoms with van der Waals surface area (Å²) >= 11 is 0. The van der Waals surface area contributed by atoms with Crippen LogP contribution in [0, 0.1) is 13.8 Å². The van der Waals surface area contributed by atoms with Crippen LogP contribution in [0.2, 0.25) is 0 Å². The van der Waals surface area contributed by atoms with Crippen molar-refractivity contribution in [1.29, 1.82) is 0 Å². The summed E-state index contributed by atoms with van der Waals surface area (Å²) in [6, 6.07) is 4.95. The van der Waals surface area contributed by atoms with Crippen LogP contribution < -0.4 is 10.6 Å². The largest absolute Gasteiger partial charge is 0.365 e. The third kappa shape index (κ3) is 3.86. The van der Waals surface area contributed by atoms with Gasteiger partial charge in [-0.2, -0.15) is 5.10 Å². The molecule has 32 heavy (non-hydrogen) atoms. The van der Waals surface area contributed by atoms with Gasteiger partial charge in [0.2, 0.25) is 5.91 Å². The van der Waals surface area contributed by atoms with Crippen molar-refractivity contribution < 1.29 is 18.0 Å². The van der Waals surface area contributed by atoms with E-state index < -0.39 is 15.7 Å². The zero-order chi connectivity index (χ0) is 23.2. The molecule has 3 aromatic rings. The molecule has 0 spiro atoms. The van der Waals surface area contributed by atoms with Crippen molar-refractivity contribution in [3.63, 3.8) is 0 Å². The quantitative estimate of drug-likeness (QED) is 0.624. The van der Waals surface area contributed by atoms with Gasteiger partial charge >= 0.3 is 0 Å². The Balaban J connectivity index is 1.58. The maximum absolute atomic E-state index is 13.1. The molecule has 168 valence electrons. The Morgan fingerprint density at radius 1 is 1.22 bits per heavy atom. The van der Waals surface area contributed by atoms with E-state index in [9.17, 15) is 18.0 Å². The predicted octanol–water partition coefficient (Wildman–Crippen LogP) is 1.76. The van der Waals surface area contributed by atoms with Gasteiger partial charge in [0.25, 0.3) is 5.91 Å². The fourth-order valence-corrected chi connectivity index (χ4v) is 4.95. The average Bonchev–Trinajstić information content (AvgIpc) is 3.16. The number of amides is 2. The normalized spacial score (nSPS) is 13.9. The van der Waals surface area contributed by atoms with Gasteiger partial charge in [0.15, 0.2) is 15.5 Å². The van der Waals surface area contributed by atoms with Crippen LogP contribution in [0.15, 0.2) is 29.3 Å². The van der Waals surface area contributed by atoms with Gasteiger partial charge in [0.1, 0.15) is 5.56 Å². The van der Waals surface area contributed by atoms with E-state index in [1.165, 1.54) is 12.5 Å². The zero-order valence-corrected chi connectivity index (χ0v) is 19.1. The predicted molar refractivity (Wildman–Crippen MR) is 120 cm³/mol. The lowest BCUT2D eigenvalue weighted by molar-refractivity contribution is -0.118. The lowest BCUT2D eigenvalue weighted by Crippen LogP contribution is -2.35. The number of nitrogens with two attached hydrogens (primary N) is 1. The summed E-state index contributed by atoms with van der Waals surface area (Å²) in [5.41, 5.74) is 10.2. The Morgan fingerprint density at radius 3 is 2.66 bits per heavy atom. The highest BCUT2D eigenvalue weighted by atomic mass is 32.2. The molecule has 4 rings (SSSR count). The van der Waals surface area contributed by atoms with Crippen molar-refractivity contribution in [2.24, 2.45) is 5.73 Å². The highest BCUT2D eigenvalue weighted by Crippen LogP contribution is 2.30. The molecule has 0 radical (unpaired) electrons. The van der Waals surface area contributed by atoms with Crippen LogP contribution in [-0.4, -0.2) is 47.6 Å². The maximum Gasteiger partial charge on any atom is 0.254 e. The summed E-state index contributed by atoms with van der Waals surface area (Å²) in [6.07, 6.45) is 4.84. The number of anilines is 1. The first-order chi connectivity index (χ1) is 15.1. The number of sulfone groups is 1. The number of aryl methyl sites for hydroxylation is 3. The van der Waals surface area contributed by atoms with Crippen LogP contribution in [0.25, 0.3) is 5.65 Å². The Kier molecular flexibility index (Phi) is 5.49. The molecule has 3 heterocycles. The van der Waals surface area contributed by atoms with E-state index in [1.54, 1.807) is 27.6 Å². The summed E-state index contributed by atoms with van der Waals surface area (Å²) in [5.74, 6) is -0.618. The number of primary amides is 1. The van der Waals surface area contributed by atoms with Gasteiger partial charge in [0.05, 0.1) is 11.1 Å². The number of carbonyl (C=O) groups is 2. The second-order valence-electron chi connectivity index (χ2n) is 8.13. The topological polar surface area (TPSA) is 128 Å². The number of carbonyl (C=O) groups excluding carboxylic acids is 2. The molecule has 2 N–H and O–H groups in total. The fourth-order valence-electron chi connectivity index (χ4n) is 4.28. The van der Waals surface area contributed by atoms with Gasteiger partial charge < -0.3 is 10.6 Å². The SMILES string of the molecule is Cc1nc2c(C(N)=O)cnn2c(C)c1CCC(=O)N1CCCc2cc(S(C)(=O)=O)ccc21. The molecule has 1 aromatic carbocycles. The first-order valence-electron chi connectivity index (χ1n) is 10.3. The molecule has 1 aliphatic heterocycles. The molecule has 0 saturated heterocycles. The number of fused-ring (bicyclic) bond motifs is 2. The number of hydrogen-bond acceptors (Lipinski definition) is 6. The summed E-state index contributed by atoms with van der Waals surface area (Å²) in [7, 11) is -3.30. The van der Waals surface area contributed by atoms with E-state index in [4.69, 9.17) is 5.73 Å². The molecule has 0 aliphatic carbocycles. The molecular weight excluding hydrogens is 430 g/mol. The van der Waals surface area contributed by atoms with Crippen LogP contribution in [-0.2, 0) is 27.5 Å². The van der Waals surface area contributed by atoms with Gasteiger partial charge in [-0.1, -0.05) is 0 Å². The first-order valence-corrected chi connectivity index (χ1v) is 12.2. The van der Waals surface area contributed by atoms with Gasteiger partial charge in [-0.25, -0.2) is 17.9 Å². The molecule has 2 amide bonds. The lowest BCUT2D eigenvalue weighted by atomic mass is 10.0. The number of nitrogens with zero attached hydrogens (tertiary/aromatic N) is 4. The Labute approximate surface area is 186 Å². The van der Waals surface area contributed by atoms with Crippen molar-refractivity contribution in [3.05, 3.63) is 52.5 Å². The van der Waals surface area contributed by atoms with Crippen LogP contribution in [0.4, 0.5) is 5.69 Å². The number of rotatable bonds is 5. The molecule has 9 nitrogen and oxygen atoms in total. The molecule has 10 heteroatoms. The highest BCUT2D eigenvalue weighted by molar-refractivity contribution is 7.90. The van der Waals surface area contributed by atoms with Crippen LogP contribution in [0.1, 0.15) is 45.7 Å². The van der Waals surface area contributed by atoms with E-state index in [1.807, 2.05) is 13.8 Å². The second-order valence-corrected chi connectivity index (χ2v) is 10.1. The first kappa shape index (κ1) is 21.9. The summed E-state index contributed by atoms with van der Waals surface area (Å²) in [5, 5.41) is 4.22. The molecule has 0 saturated carbocycles. The number of benzene rings is 1. The Hall–Kier alpha value is -3.27. The third-order valence-corrected chi connectivity index (χ3v) is 7.07. The smallest absolute Gasteiger partial charge is 0.254 e. The monoisotopic (exact) mass is 455 g/mol. The van der Waals surface area contributed by atoms with Crippen LogP contribution in [0.3, 0.4) is 0 Å². The van der Waals surface area contributed by atoms with Gasteiger partial charge in [-0.15, -0.1) is 0 Å². The van der Waals surface area contributed by atoms with E-state index >= 15 is 0 Å². The van der Waals surface area contributed by atoms with Crippen molar-refractivity contribution in [3.8, 4) is 0 Å². The highest BCUT2D eigenvalue weighted by Gasteiger charge is 2.24. The lowest BCUT2D eigenvalue weighted by Gasteiger charge is -2.30. The average molecular weight is 456 g/mol. The van der Waals surface area contributed by atoms with E-state index in [-0.39, 0.29) is 22.8 Å². The molecular formula is C22H25N5O4S. The van der Waals surface area contributed by atoms with Crippen LogP contribution >= 0.6 is 0 Å². The van der Waals surface area contributed by atoms with Crippen LogP contribution in [0.5, 0.6) is 0 Å². The second kappa shape index (κ2) is 8.01. The molecule has 0 bridgehead atoms. The van der Waals surface area contributed by atoms with Gasteiger partial charge in [0, 0.05) is 36.3 Å². The molecule has 0 fully saturated rings. The van der Waals surface area contributed by atoms with Crippen molar-refractivity contribution >= 4 is 33.0 Å². The molecule has 0 atom stereocenters. The Bertz CT molecular complexity index is 1360. The fraction of sp³-hybridized carbons (Fsp3) is 0.364. The van der Waals surface area contributed by atoms with E-state index in [0.29, 0.717) is 18.6 Å². The number of hydrogen-bond donors (Lipinski definition) is 1. The summed E-state index contributed by atoms with van der Waals surface area (Å²) in [6.45, 7) is 4.32. The number of aromatic nitrogens is 3. The summed E-state index contributed by atoms with van der Waals surface area (Å²) < 4.78 is 25.3. The zero-order valence-electron chi connectivity index (χ0n) is 18.3. The standard InChI is InChI=1S/C22H25N5O4S/c1-13-17(14(2)27-22(25-13)18(12-24-27)21(23)29)7-9-20(28)26-10-4-5-15-11-16(32(3,30)31)6-8-19(15)26/h6,8,11-12H,4-5,7,9-10H2,1-3H3,(H2,23,29). The minimum absolute atomic E-state index is 0.0322. The van der Waals surface area contributed by atoms with Crippen molar-refractivity contribution in [2.75, 3.05) is 17.7 Å². The van der Waals surface area contributed by atoms with Crippen molar-refractivity contribution in [1.82, 2.24) is 14.6 Å². The third-order valence-electron chi connectivity index (χ3n) is 5.96. The molecule has 0 unspecified atom stereocenters. The van der Waals surface area contributed by atoms with Crippen molar-refractivity contribution in [2.45, 2.75) is 44.4 Å². The van der Waals surface area contributed by atoms with Gasteiger partial charge in [-0.3, -0.25) is 9.59 Å². The molecule has 1 aliphatic rings. The van der Waals surface area contributed by atoms with E-state index in [0.717, 1.165) is 41.0 Å². The van der Waals surface area contributed by atoms with Gasteiger partial charge in [-0.05, 0) is 62.4 Å². The Morgan fingerprint density at radius 2 is 1.97 bits per heavy atom.